The molecule has 0 fully saturated rings. The van der Waals surface area contributed by atoms with E-state index in [1.165, 1.54) is 0 Å². The predicted octanol–water partition coefficient (Wildman–Crippen LogP) is 0.702. The van der Waals surface area contributed by atoms with E-state index in [1.807, 2.05) is 0 Å². The number of ether oxygens (including phenoxy) is 9. The lowest BCUT2D eigenvalue weighted by Gasteiger charge is -2.08. The molecule has 0 amide bonds. The number of methoxy groups -OCH3 is 1. The molecule has 0 aliphatic heterocycles. The Balaban J connectivity index is 3.03. The first kappa shape index (κ1) is 29.1. The summed E-state index contributed by atoms with van der Waals surface area (Å²) < 4.78 is 47.1. The normalized spacial score (nSPS) is 11.1. The quantitative estimate of drug-likeness (QED) is 0.149. The van der Waals surface area contributed by atoms with Gasteiger partial charge in [0.15, 0.2) is 0 Å². The highest BCUT2D eigenvalue weighted by Gasteiger charge is 2.00. The van der Waals surface area contributed by atoms with E-state index in [9.17, 15) is 4.79 Å². The van der Waals surface area contributed by atoms with E-state index in [0.29, 0.717) is 106 Å². The molecule has 30 heavy (non-hydrogen) atoms. The van der Waals surface area contributed by atoms with Gasteiger partial charge >= 0.3 is 5.97 Å². The van der Waals surface area contributed by atoms with Crippen LogP contribution in [0.5, 0.6) is 0 Å². The number of rotatable bonds is 25. The van der Waals surface area contributed by atoms with Gasteiger partial charge in [-0.1, -0.05) is 0 Å². The largest absolute Gasteiger partial charge is 0.466 e. The molecule has 180 valence electrons. The molecule has 0 aromatic heterocycles. The van der Waals surface area contributed by atoms with Crippen molar-refractivity contribution >= 4 is 5.97 Å². The minimum atomic E-state index is -0.245. The zero-order chi connectivity index (χ0) is 22.0. The lowest BCUT2D eigenvalue weighted by molar-refractivity contribution is -0.144. The third-order valence-electron chi connectivity index (χ3n) is 3.42. The van der Waals surface area contributed by atoms with Gasteiger partial charge in [-0.05, 0) is 6.92 Å². The summed E-state index contributed by atoms with van der Waals surface area (Å²) in [5.74, 6) is -0.245. The van der Waals surface area contributed by atoms with Crippen LogP contribution in [0, 0.1) is 0 Å². The topological polar surface area (TPSA) is 100 Å². The molecular weight excluding hydrogens is 400 g/mol. The van der Waals surface area contributed by atoms with Crippen LogP contribution in [0.25, 0.3) is 0 Å². The monoisotopic (exact) mass is 440 g/mol. The fourth-order valence-electron chi connectivity index (χ4n) is 1.95. The van der Waals surface area contributed by atoms with Gasteiger partial charge in [-0.2, -0.15) is 0 Å². The van der Waals surface area contributed by atoms with Crippen molar-refractivity contribution < 1.29 is 47.4 Å². The van der Waals surface area contributed by atoms with E-state index in [1.54, 1.807) is 14.0 Å². The zero-order valence-electron chi connectivity index (χ0n) is 18.6. The molecule has 0 unspecified atom stereocenters. The summed E-state index contributed by atoms with van der Waals surface area (Å²) in [6.45, 7) is 9.80. The van der Waals surface area contributed by atoms with Crippen molar-refractivity contribution in [3.8, 4) is 0 Å². The highest BCUT2D eigenvalue weighted by molar-refractivity contribution is 5.69. The van der Waals surface area contributed by atoms with E-state index >= 15 is 0 Å². The molecular formula is C20H40O10. The molecule has 0 rings (SSSR count). The number of esters is 1. The second kappa shape index (κ2) is 26.2. The van der Waals surface area contributed by atoms with Crippen molar-refractivity contribution in [3.05, 3.63) is 0 Å². The summed E-state index contributed by atoms with van der Waals surface area (Å²) in [7, 11) is 1.64. The third-order valence-corrected chi connectivity index (χ3v) is 3.42. The van der Waals surface area contributed by atoms with Crippen molar-refractivity contribution in [2.75, 3.05) is 113 Å². The van der Waals surface area contributed by atoms with Crippen LogP contribution < -0.4 is 0 Å². The van der Waals surface area contributed by atoms with Gasteiger partial charge < -0.3 is 42.6 Å². The van der Waals surface area contributed by atoms with Gasteiger partial charge in [0.25, 0.3) is 0 Å². The average Bonchev–Trinajstić information content (AvgIpc) is 2.74. The molecule has 0 heterocycles. The maximum Gasteiger partial charge on any atom is 0.308 e. The Morgan fingerprint density at radius 3 is 1.10 bits per heavy atom. The lowest BCUT2D eigenvalue weighted by Crippen LogP contribution is -2.15. The summed E-state index contributed by atoms with van der Waals surface area (Å²) in [5, 5.41) is 0. The molecule has 0 bridgehead atoms. The van der Waals surface area contributed by atoms with Crippen LogP contribution in [0.4, 0.5) is 0 Å². The number of hydrogen-bond donors (Lipinski definition) is 0. The third kappa shape index (κ3) is 25.2. The maximum atomic E-state index is 11.1. The highest BCUT2D eigenvalue weighted by atomic mass is 16.6. The van der Waals surface area contributed by atoms with Crippen LogP contribution >= 0.6 is 0 Å². The van der Waals surface area contributed by atoms with Gasteiger partial charge in [-0.3, -0.25) is 4.79 Å². The van der Waals surface area contributed by atoms with E-state index in [0.717, 1.165) is 0 Å². The van der Waals surface area contributed by atoms with Crippen LogP contribution in [0.1, 0.15) is 13.3 Å². The summed E-state index contributed by atoms with van der Waals surface area (Å²) in [6, 6.07) is 0. The Hall–Kier alpha value is -0.850. The Kier molecular flexibility index (Phi) is 25.4. The van der Waals surface area contributed by atoms with Crippen LogP contribution in [0.2, 0.25) is 0 Å². The zero-order valence-corrected chi connectivity index (χ0v) is 18.6. The second-order valence-corrected chi connectivity index (χ2v) is 5.83. The van der Waals surface area contributed by atoms with Crippen LogP contribution in [-0.4, -0.2) is 119 Å². The van der Waals surface area contributed by atoms with E-state index < -0.39 is 0 Å². The predicted molar refractivity (Wildman–Crippen MR) is 109 cm³/mol. The van der Waals surface area contributed by atoms with E-state index in [4.69, 9.17) is 42.6 Å². The number of carbonyl (C=O) groups is 1. The van der Waals surface area contributed by atoms with Crippen LogP contribution in [0.15, 0.2) is 0 Å². The molecule has 0 aromatic rings. The van der Waals surface area contributed by atoms with Crippen molar-refractivity contribution in [1.82, 2.24) is 0 Å². The fraction of sp³-hybridized carbons (Fsp3) is 0.950. The minimum Gasteiger partial charge on any atom is -0.466 e. The lowest BCUT2D eigenvalue weighted by atomic mass is 10.5. The Morgan fingerprint density at radius 2 is 0.800 bits per heavy atom. The molecule has 10 heteroatoms. The van der Waals surface area contributed by atoms with Gasteiger partial charge in [0, 0.05) is 7.11 Å². The van der Waals surface area contributed by atoms with Crippen molar-refractivity contribution in [2.24, 2.45) is 0 Å². The van der Waals surface area contributed by atoms with Crippen LogP contribution in [-0.2, 0) is 47.4 Å². The van der Waals surface area contributed by atoms with Crippen molar-refractivity contribution in [1.29, 1.82) is 0 Å². The van der Waals surface area contributed by atoms with Crippen molar-refractivity contribution in [3.63, 3.8) is 0 Å². The SMILES string of the molecule is CCOC(=O)CCOCCOCCOCCOCCOCCOCCOCCOC. The highest BCUT2D eigenvalue weighted by Crippen LogP contribution is 1.89. The summed E-state index contributed by atoms with van der Waals surface area (Å²) in [5.41, 5.74) is 0. The molecule has 0 spiro atoms. The molecule has 10 nitrogen and oxygen atoms in total. The molecule has 0 aromatic carbocycles. The van der Waals surface area contributed by atoms with Gasteiger partial charge in [0.05, 0.1) is 112 Å². The van der Waals surface area contributed by atoms with E-state index in [-0.39, 0.29) is 12.4 Å². The Bertz CT molecular complexity index is 344. The molecule has 0 radical (unpaired) electrons. The summed E-state index contributed by atoms with van der Waals surface area (Å²) >= 11 is 0. The Labute approximate surface area is 180 Å². The smallest absolute Gasteiger partial charge is 0.308 e. The minimum absolute atomic E-state index is 0.245. The molecule has 0 atom stereocenters. The second-order valence-electron chi connectivity index (χ2n) is 5.83. The van der Waals surface area contributed by atoms with E-state index in [2.05, 4.69) is 0 Å². The summed E-state index contributed by atoms with van der Waals surface area (Å²) in [4.78, 5) is 11.1. The Morgan fingerprint density at radius 1 is 0.500 bits per heavy atom. The summed E-state index contributed by atoms with van der Waals surface area (Å²) in [6.07, 6.45) is 0.265. The van der Waals surface area contributed by atoms with Gasteiger partial charge in [0.2, 0.25) is 0 Å². The molecule has 0 saturated heterocycles. The van der Waals surface area contributed by atoms with Gasteiger partial charge in [-0.25, -0.2) is 0 Å². The molecule has 0 saturated carbocycles. The van der Waals surface area contributed by atoms with Crippen LogP contribution in [0.3, 0.4) is 0 Å². The average molecular weight is 441 g/mol. The number of carbonyl (C=O) groups excluding carboxylic acids is 1. The first-order valence-corrected chi connectivity index (χ1v) is 10.5. The molecule has 0 aliphatic carbocycles. The van der Waals surface area contributed by atoms with Gasteiger partial charge in [0.1, 0.15) is 0 Å². The standard InChI is InChI=1S/C20H40O10/c1-3-30-20(21)4-5-23-8-9-25-12-13-27-16-17-29-19-18-28-15-14-26-11-10-24-7-6-22-2/h3-19H2,1-2H3. The van der Waals surface area contributed by atoms with Gasteiger partial charge in [-0.15, -0.1) is 0 Å². The maximum absolute atomic E-state index is 11.1. The molecule has 0 aliphatic rings. The number of hydrogen-bond acceptors (Lipinski definition) is 10. The first-order chi connectivity index (χ1) is 14.8. The first-order valence-electron chi connectivity index (χ1n) is 10.5. The molecule has 0 N–H and O–H groups in total. The van der Waals surface area contributed by atoms with Crippen molar-refractivity contribution in [2.45, 2.75) is 13.3 Å². The fourth-order valence-corrected chi connectivity index (χ4v) is 1.95.